The highest BCUT2D eigenvalue weighted by atomic mass is 127. The lowest BCUT2D eigenvalue weighted by molar-refractivity contribution is -0.654. The van der Waals surface area contributed by atoms with Crippen LogP contribution in [0, 0.1) is 0 Å². The molecule has 13 heteroatoms. The number of anilines is 2. The first kappa shape index (κ1) is 25.4. The molecule has 172 valence electrons. The van der Waals surface area contributed by atoms with Crippen molar-refractivity contribution < 1.29 is 47.6 Å². The Balaban J connectivity index is 0.00000363. The minimum absolute atomic E-state index is 0. The molecule has 3 aromatic rings. The second-order valence-corrected chi connectivity index (χ2v) is 6.91. The quantitative estimate of drug-likeness (QED) is 0.160. The number of imidazole rings is 1. The first-order valence-electron chi connectivity index (χ1n) is 9.34. The highest BCUT2D eigenvalue weighted by molar-refractivity contribution is 6.31. The van der Waals surface area contributed by atoms with Gasteiger partial charge in [0.1, 0.15) is 12.3 Å². The fourth-order valence-electron chi connectivity index (χ4n) is 3.17. The van der Waals surface area contributed by atoms with Gasteiger partial charge in [0, 0.05) is 6.07 Å². The Morgan fingerprint density at radius 2 is 1.97 bits per heavy atom. The van der Waals surface area contributed by atoms with Crippen LogP contribution in [0.1, 0.15) is 23.2 Å². The second-order valence-electron chi connectivity index (χ2n) is 6.55. The van der Waals surface area contributed by atoms with Crippen molar-refractivity contribution in [3.05, 3.63) is 34.9 Å². The summed E-state index contributed by atoms with van der Waals surface area (Å²) in [4.78, 5) is 31.7. The average molecular weight is 576 g/mol. The molecule has 0 fully saturated rings. The van der Waals surface area contributed by atoms with Crippen LogP contribution in [0.4, 0.5) is 11.6 Å². The molecule has 1 aromatic carbocycles. The summed E-state index contributed by atoms with van der Waals surface area (Å²) in [5.74, 6) is 0.211. The first-order chi connectivity index (χ1) is 14.8. The summed E-state index contributed by atoms with van der Waals surface area (Å²) < 4.78 is 14.1. The standard InChI is InChI=1S/C19H22ClN7O4.HI/c1-4-27-12-7-10(31-9-14(28)30-3)5-6-11(12)26(2)13(27)8-23-19(29)15-17(21)25-18(22)16(20)24-15;/h5-7H,4,8-9H2,1-3H3,(H4-,21,22,23,25,29);1H. The smallest absolute Gasteiger partial charge is 0.343 e. The predicted molar refractivity (Wildman–Crippen MR) is 113 cm³/mol. The fourth-order valence-corrected chi connectivity index (χ4v) is 3.30. The molecule has 0 unspecified atom stereocenters. The molecule has 0 radical (unpaired) electrons. The number of aryl methyl sites for hydroxylation is 2. The molecule has 0 saturated carbocycles. The number of nitrogens with two attached hydrogens (primary N) is 2. The number of hydrogen-bond acceptors (Lipinski definition) is 8. The van der Waals surface area contributed by atoms with E-state index in [1.807, 2.05) is 35.2 Å². The number of methoxy groups -OCH3 is 1. The number of hydrogen-bond donors (Lipinski definition) is 3. The van der Waals surface area contributed by atoms with Crippen molar-refractivity contribution in [2.24, 2.45) is 7.05 Å². The van der Waals surface area contributed by atoms with Gasteiger partial charge in [0.2, 0.25) is 0 Å². The molecule has 0 aliphatic carbocycles. The second kappa shape index (κ2) is 10.6. The summed E-state index contributed by atoms with van der Waals surface area (Å²) in [5.41, 5.74) is 13.0. The van der Waals surface area contributed by atoms with Crippen LogP contribution in [0.3, 0.4) is 0 Å². The summed E-state index contributed by atoms with van der Waals surface area (Å²) in [6.45, 7) is 2.63. The number of benzene rings is 1. The highest BCUT2D eigenvalue weighted by Gasteiger charge is 2.24. The van der Waals surface area contributed by atoms with Gasteiger partial charge in [0.25, 0.3) is 11.7 Å². The van der Waals surface area contributed by atoms with Gasteiger partial charge in [0.15, 0.2) is 40.1 Å². The highest BCUT2D eigenvalue weighted by Crippen LogP contribution is 2.22. The Hall–Kier alpha value is -2.87. The van der Waals surface area contributed by atoms with E-state index in [2.05, 4.69) is 20.0 Å². The number of nitrogens with one attached hydrogen (secondary N) is 1. The van der Waals surface area contributed by atoms with Crippen LogP contribution in [0.2, 0.25) is 5.15 Å². The largest absolute Gasteiger partial charge is 1.00 e. The predicted octanol–water partition coefficient (Wildman–Crippen LogP) is -2.42. The third-order valence-electron chi connectivity index (χ3n) is 4.73. The van der Waals surface area contributed by atoms with Crippen molar-refractivity contribution >= 4 is 46.1 Å². The third-order valence-corrected chi connectivity index (χ3v) is 5.00. The Morgan fingerprint density at radius 1 is 1.25 bits per heavy atom. The Bertz CT molecular complexity index is 1170. The number of nitrogens with zero attached hydrogens (tertiary/aromatic N) is 4. The van der Waals surface area contributed by atoms with E-state index in [0.717, 1.165) is 16.9 Å². The molecule has 3 rings (SSSR count). The zero-order chi connectivity index (χ0) is 22.7. The number of amides is 1. The maximum atomic E-state index is 12.6. The number of rotatable bonds is 7. The Kier molecular flexibility index (Phi) is 8.44. The number of halogens is 2. The van der Waals surface area contributed by atoms with Gasteiger partial charge in [-0.15, -0.1) is 0 Å². The maximum absolute atomic E-state index is 12.6. The molecule has 0 saturated heterocycles. The number of ether oxygens (including phenoxy) is 2. The van der Waals surface area contributed by atoms with Gasteiger partial charge in [-0.25, -0.2) is 23.9 Å². The minimum Gasteiger partial charge on any atom is -1.00 e. The molecular weight excluding hydrogens is 553 g/mol. The van der Waals surface area contributed by atoms with Crippen molar-refractivity contribution in [1.29, 1.82) is 0 Å². The molecular formula is C19H23ClIN7O4. The molecule has 11 nitrogen and oxygen atoms in total. The average Bonchev–Trinajstić information content (AvgIpc) is 3.03. The number of esters is 1. The SMILES string of the molecule is CCn1c(CNC(=O)c2nc(Cl)c(N)nc2N)[n+](C)c2ccc(OCC(=O)OC)cc21.[I-]. The summed E-state index contributed by atoms with van der Waals surface area (Å²) >= 11 is 5.86. The maximum Gasteiger partial charge on any atom is 0.343 e. The molecule has 2 heterocycles. The number of nitrogen functional groups attached to an aromatic ring is 2. The number of carbonyl (C=O) groups is 2. The molecule has 0 aliphatic heterocycles. The van der Waals surface area contributed by atoms with Crippen LogP contribution >= 0.6 is 11.6 Å². The number of fused-ring (bicyclic) bond motifs is 1. The van der Waals surface area contributed by atoms with E-state index in [9.17, 15) is 9.59 Å². The van der Waals surface area contributed by atoms with Gasteiger partial charge in [-0.05, 0) is 19.1 Å². The molecule has 5 N–H and O–H groups in total. The molecule has 0 spiro atoms. The van der Waals surface area contributed by atoms with Crippen molar-refractivity contribution in [3.63, 3.8) is 0 Å². The first-order valence-corrected chi connectivity index (χ1v) is 9.72. The molecule has 32 heavy (non-hydrogen) atoms. The van der Waals surface area contributed by atoms with Crippen molar-refractivity contribution in [2.45, 2.75) is 20.0 Å². The summed E-state index contributed by atoms with van der Waals surface area (Å²) in [5, 5.41) is 2.70. The molecule has 0 atom stereocenters. The van der Waals surface area contributed by atoms with E-state index in [-0.39, 0.29) is 59.6 Å². The lowest BCUT2D eigenvalue weighted by Crippen LogP contribution is -3.00. The Labute approximate surface area is 206 Å². The fraction of sp³-hybridized carbons (Fsp3) is 0.316. The van der Waals surface area contributed by atoms with Crippen molar-refractivity contribution in [1.82, 2.24) is 19.9 Å². The minimum atomic E-state index is -0.526. The zero-order valence-electron chi connectivity index (χ0n) is 17.7. The van der Waals surface area contributed by atoms with E-state index in [0.29, 0.717) is 12.3 Å². The van der Waals surface area contributed by atoms with Gasteiger partial charge in [-0.1, -0.05) is 11.6 Å². The molecule has 0 bridgehead atoms. The number of aromatic nitrogens is 4. The lowest BCUT2D eigenvalue weighted by atomic mass is 10.3. The van der Waals surface area contributed by atoms with E-state index >= 15 is 0 Å². The molecule has 2 aromatic heterocycles. The topological polar surface area (TPSA) is 151 Å². The van der Waals surface area contributed by atoms with Crippen LogP contribution < -0.4 is 50.1 Å². The van der Waals surface area contributed by atoms with Gasteiger partial charge in [-0.2, -0.15) is 0 Å². The van der Waals surface area contributed by atoms with Crippen LogP contribution in [0.15, 0.2) is 18.2 Å². The van der Waals surface area contributed by atoms with Crippen LogP contribution in [0.5, 0.6) is 5.75 Å². The normalized spacial score (nSPS) is 10.5. The molecule has 1 amide bonds. The zero-order valence-corrected chi connectivity index (χ0v) is 20.6. The van der Waals surface area contributed by atoms with Crippen LogP contribution in [0.25, 0.3) is 11.0 Å². The van der Waals surface area contributed by atoms with Gasteiger partial charge in [0.05, 0.1) is 20.7 Å². The summed E-state index contributed by atoms with van der Waals surface area (Å²) in [6.07, 6.45) is 0. The molecule has 0 aliphatic rings. The van der Waals surface area contributed by atoms with E-state index in [1.54, 1.807) is 6.07 Å². The van der Waals surface area contributed by atoms with E-state index in [1.165, 1.54) is 7.11 Å². The Morgan fingerprint density at radius 3 is 2.62 bits per heavy atom. The van der Waals surface area contributed by atoms with E-state index < -0.39 is 11.9 Å². The summed E-state index contributed by atoms with van der Waals surface area (Å²) in [7, 11) is 3.19. The third kappa shape index (κ3) is 5.12. The van der Waals surface area contributed by atoms with Crippen molar-refractivity contribution in [2.75, 3.05) is 25.2 Å². The van der Waals surface area contributed by atoms with Gasteiger partial charge in [-0.3, -0.25) is 4.79 Å². The van der Waals surface area contributed by atoms with Gasteiger partial charge >= 0.3 is 5.97 Å². The lowest BCUT2D eigenvalue weighted by Gasteiger charge is -2.07. The van der Waals surface area contributed by atoms with Crippen molar-refractivity contribution in [3.8, 4) is 5.75 Å². The van der Waals surface area contributed by atoms with Gasteiger partial charge < -0.3 is 50.2 Å². The summed E-state index contributed by atoms with van der Waals surface area (Å²) in [6, 6.07) is 5.47. The van der Waals surface area contributed by atoms with Crippen LogP contribution in [-0.4, -0.2) is 40.1 Å². The van der Waals surface area contributed by atoms with Crippen LogP contribution in [-0.2, 0) is 29.7 Å². The monoisotopic (exact) mass is 575 g/mol. The number of carbonyl (C=O) groups excluding carboxylic acids is 2. The van der Waals surface area contributed by atoms with E-state index in [4.69, 9.17) is 27.8 Å².